The average molecular weight is 481 g/mol. The van der Waals surface area contributed by atoms with Crippen LogP contribution in [0.4, 0.5) is 11.4 Å². The summed E-state index contributed by atoms with van der Waals surface area (Å²) in [6.07, 6.45) is 0.938. The predicted molar refractivity (Wildman–Crippen MR) is 113 cm³/mol. The average Bonchev–Trinajstić information content (AvgIpc) is 3.33. The van der Waals surface area contributed by atoms with Crippen LogP contribution in [0.25, 0.3) is 0 Å². The van der Waals surface area contributed by atoms with Crippen LogP contribution in [0.5, 0.6) is 11.5 Å². The zero-order valence-corrected chi connectivity index (χ0v) is 18.5. The van der Waals surface area contributed by atoms with Crippen molar-refractivity contribution in [1.82, 2.24) is 0 Å². The summed E-state index contributed by atoms with van der Waals surface area (Å²) in [4.78, 5) is 14.2. The van der Waals surface area contributed by atoms with Crippen molar-refractivity contribution in [2.24, 2.45) is 0 Å². The van der Waals surface area contributed by atoms with Gasteiger partial charge in [0.25, 0.3) is 10.0 Å². The Kier molecular flexibility index (Phi) is 5.20. The Hall–Kier alpha value is -2.26. The summed E-state index contributed by atoms with van der Waals surface area (Å²) in [5, 5.41) is 0. The van der Waals surface area contributed by atoms with Crippen LogP contribution in [0.1, 0.15) is 25.8 Å². The molecule has 29 heavy (non-hydrogen) atoms. The van der Waals surface area contributed by atoms with Gasteiger partial charge in [-0.15, -0.1) is 0 Å². The van der Waals surface area contributed by atoms with E-state index in [1.165, 1.54) is 4.31 Å². The first kappa shape index (κ1) is 20.0. The molecule has 154 valence electrons. The van der Waals surface area contributed by atoms with E-state index in [0.29, 0.717) is 46.7 Å². The summed E-state index contributed by atoms with van der Waals surface area (Å²) in [6, 6.07) is 8.52. The minimum atomic E-state index is -3.93. The molecule has 0 saturated heterocycles. The number of hydrogen-bond acceptors (Lipinski definition) is 5. The highest BCUT2D eigenvalue weighted by Crippen LogP contribution is 2.41. The topological polar surface area (TPSA) is 76.2 Å². The Balaban J connectivity index is 1.84. The second-order valence-corrected chi connectivity index (χ2v) is 9.51. The molecule has 0 radical (unpaired) electrons. The van der Waals surface area contributed by atoms with E-state index >= 15 is 0 Å². The molecule has 0 N–H and O–H groups in total. The molecule has 0 fully saturated rings. The lowest BCUT2D eigenvalue weighted by Crippen LogP contribution is -2.34. The number of ether oxygens (including phenoxy) is 2. The third-order valence-electron chi connectivity index (χ3n) is 5.10. The molecule has 2 aliphatic heterocycles. The lowest BCUT2D eigenvalue weighted by molar-refractivity contribution is -0.118. The number of fused-ring (bicyclic) bond motifs is 2. The molecule has 0 saturated carbocycles. The zero-order valence-electron chi connectivity index (χ0n) is 16.1. The van der Waals surface area contributed by atoms with Crippen molar-refractivity contribution >= 4 is 43.2 Å². The van der Waals surface area contributed by atoms with Gasteiger partial charge in [-0.05, 0) is 43.2 Å². The van der Waals surface area contributed by atoms with Crippen molar-refractivity contribution in [1.29, 1.82) is 0 Å². The van der Waals surface area contributed by atoms with Crippen LogP contribution in [0, 0.1) is 0 Å². The molecule has 0 atom stereocenters. The van der Waals surface area contributed by atoms with Crippen LogP contribution in [0.2, 0.25) is 0 Å². The normalized spacial score (nSPS) is 14.8. The highest BCUT2D eigenvalue weighted by atomic mass is 79.9. The molecule has 2 heterocycles. The van der Waals surface area contributed by atoms with Crippen molar-refractivity contribution in [3.63, 3.8) is 0 Å². The van der Waals surface area contributed by atoms with Crippen molar-refractivity contribution in [3.8, 4) is 11.5 Å². The van der Waals surface area contributed by atoms with Crippen LogP contribution >= 0.6 is 15.9 Å². The molecule has 2 aromatic carbocycles. The van der Waals surface area contributed by atoms with Gasteiger partial charge in [-0.3, -0.25) is 9.10 Å². The molecule has 0 aromatic heterocycles. The van der Waals surface area contributed by atoms with E-state index in [1.807, 2.05) is 6.07 Å². The number of carbonyl (C=O) groups is 1. The Morgan fingerprint density at radius 3 is 2.66 bits per heavy atom. The summed E-state index contributed by atoms with van der Waals surface area (Å²) >= 11 is 3.43. The molecular formula is C20H21BrN2O5S. The molecule has 9 heteroatoms. The second-order valence-electron chi connectivity index (χ2n) is 6.77. The maximum atomic E-state index is 13.7. The molecule has 7 nitrogen and oxygen atoms in total. The van der Waals surface area contributed by atoms with Crippen molar-refractivity contribution in [2.45, 2.75) is 31.6 Å². The van der Waals surface area contributed by atoms with Crippen LogP contribution < -0.4 is 18.7 Å². The second kappa shape index (κ2) is 7.53. The lowest BCUT2D eigenvalue weighted by atomic mass is 10.2. The minimum Gasteiger partial charge on any atom is -0.454 e. The van der Waals surface area contributed by atoms with Crippen molar-refractivity contribution in [3.05, 3.63) is 40.4 Å². The molecule has 0 unspecified atom stereocenters. The standard InChI is InChI=1S/C20H21BrN2O5S/c1-3-19(24)22-8-7-13-9-14(21)10-18(20(13)22)29(25,26)23(4-2)15-5-6-16-17(11-15)28-12-27-16/h5-6,9-11H,3-4,7-8,12H2,1-2H3. The third kappa shape index (κ3) is 3.36. The first-order valence-electron chi connectivity index (χ1n) is 9.42. The maximum absolute atomic E-state index is 13.7. The molecular weight excluding hydrogens is 460 g/mol. The molecule has 4 rings (SSSR count). The number of sulfonamides is 1. The molecule has 2 aliphatic rings. The van der Waals surface area contributed by atoms with Gasteiger partial charge < -0.3 is 14.4 Å². The summed E-state index contributed by atoms with van der Waals surface area (Å²) < 4.78 is 40.2. The summed E-state index contributed by atoms with van der Waals surface area (Å²) in [6.45, 7) is 4.38. The van der Waals surface area contributed by atoms with E-state index in [9.17, 15) is 13.2 Å². The number of benzene rings is 2. The number of rotatable bonds is 5. The van der Waals surface area contributed by atoms with Crippen LogP contribution in [-0.4, -0.2) is 34.2 Å². The van der Waals surface area contributed by atoms with E-state index in [4.69, 9.17) is 9.47 Å². The Morgan fingerprint density at radius 1 is 1.17 bits per heavy atom. The Morgan fingerprint density at radius 2 is 1.93 bits per heavy atom. The highest BCUT2D eigenvalue weighted by Gasteiger charge is 2.35. The number of anilines is 2. The van der Waals surface area contributed by atoms with Gasteiger partial charge in [0.1, 0.15) is 4.90 Å². The third-order valence-corrected chi connectivity index (χ3v) is 7.47. The fraction of sp³-hybridized carbons (Fsp3) is 0.350. The number of carbonyl (C=O) groups excluding carboxylic acids is 1. The molecule has 2 aromatic rings. The van der Waals surface area contributed by atoms with E-state index in [2.05, 4.69) is 15.9 Å². The van der Waals surface area contributed by atoms with Gasteiger partial charge in [-0.2, -0.15) is 0 Å². The monoisotopic (exact) mass is 480 g/mol. The zero-order chi connectivity index (χ0) is 20.8. The Bertz CT molecular complexity index is 1090. The van der Waals surface area contributed by atoms with Gasteiger partial charge in [-0.25, -0.2) is 8.42 Å². The minimum absolute atomic E-state index is 0.0892. The van der Waals surface area contributed by atoms with E-state index in [-0.39, 0.29) is 24.1 Å². The SMILES string of the molecule is CCC(=O)N1CCc2cc(Br)cc(S(=O)(=O)N(CC)c3ccc4c(c3)OCO4)c21. The molecule has 0 bridgehead atoms. The summed E-state index contributed by atoms with van der Waals surface area (Å²) in [7, 11) is -3.93. The number of nitrogens with zero attached hydrogens (tertiary/aromatic N) is 2. The van der Waals surface area contributed by atoms with E-state index in [1.54, 1.807) is 43.0 Å². The first-order chi connectivity index (χ1) is 13.9. The quantitative estimate of drug-likeness (QED) is 0.651. The van der Waals surface area contributed by atoms with Crippen LogP contribution in [0.3, 0.4) is 0 Å². The maximum Gasteiger partial charge on any atom is 0.266 e. The summed E-state index contributed by atoms with van der Waals surface area (Å²) in [5.41, 5.74) is 1.82. The lowest BCUT2D eigenvalue weighted by Gasteiger charge is -2.26. The highest BCUT2D eigenvalue weighted by molar-refractivity contribution is 9.10. The number of hydrogen-bond donors (Lipinski definition) is 0. The molecule has 0 aliphatic carbocycles. The molecule has 1 amide bonds. The van der Waals surface area contributed by atoms with Gasteiger partial charge >= 0.3 is 0 Å². The number of halogens is 1. The first-order valence-corrected chi connectivity index (χ1v) is 11.6. The smallest absolute Gasteiger partial charge is 0.266 e. The van der Waals surface area contributed by atoms with Crippen molar-refractivity contribution < 1.29 is 22.7 Å². The van der Waals surface area contributed by atoms with Gasteiger partial charge in [-0.1, -0.05) is 22.9 Å². The van der Waals surface area contributed by atoms with Crippen LogP contribution in [0.15, 0.2) is 39.7 Å². The van der Waals surface area contributed by atoms with E-state index < -0.39 is 10.0 Å². The Labute approximate surface area is 178 Å². The van der Waals surface area contributed by atoms with Crippen LogP contribution in [-0.2, 0) is 21.2 Å². The fourth-order valence-corrected chi connectivity index (χ4v) is 6.14. The molecule has 0 spiro atoms. The van der Waals surface area contributed by atoms with Gasteiger partial charge in [0, 0.05) is 30.0 Å². The predicted octanol–water partition coefficient (Wildman–Crippen LogP) is 3.69. The van der Waals surface area contributed by atoms with Gasteiger partial charge in [0.05, 0.1) is 11.4 Å². The van der Waals surface area contributed by atoms with Crippen molar-refractivity contribution in [2.75, 3.05) is 29.1 Å². The fourth-order valence-electron chi connectivity index (χ4n) is 3.76. The van der Waals surface area contributed by atoms with E-state index in [0.717, 1.165) is 5.56 Å². The largest absolute Gasteiger partial charge is 0.454 e. The number of amides is 1. The summed E-state index contributed by atoms with van der Waals surface area (Å²) in [5.74, 6) is 1.01. The van der Waals surface area contributed by atoms with Gasteiger partial charge in [0.2, 0.25) is 12.7 Å². The van der Waals surface area contributed by atoms with Gasteiger partial charge in [0.15, 0.2) is 11.5 Å².